The molecule has 4 aromatic rings. The van der Waals surface area contributed by atoms with Crippen molar-refractivity contribution in [3.63, 3.8) is 0 Å². The minimum Gasteiger partial charge on any atom is -0.496 e. The van der Waals surface area contributed by atoms with E-state index >= 15 is 0 Å². The number of aryl methyl sites for hydroxylation is 1. The highest BCUT2D eigenvalue weighted by Gasteiger charge is 2.33. The lowest BCUT2D eigenvalue weighted by Gasteiger charge is -2.24. The molecule has 0 spiro atoms. The molecule has 8 heteroatoms. The van der Waals surface area contributed by atoms with E-state index in [1.165, 1.54) is 11.3 Å². The molecule has 0 fully saturated rings. The molecular weight excluding hydrogens is 524 g/mol. The lowest BCUT2D eigenvalue weighted by molar-refractivity contribution is -0.139. The zero-order chi connectivity index (χ0) is 28.2. The van der Waals surface area contributed by atoms with Crippen molar-refractivity contribution in [2.75, 3.05) is 13.7 Å². The molecule has 0 aliphatic carbocycles. The van der Waals surface area contributed by atoms with Gasteiger partial charge < -0.3 is 14.2 Å². The minimum absolute atomic E-state index is 0.222. The number of methoxy groups -OCH3 is 1. The quantitative estimate of drug-likeness (QED) is 0.295. The van der Waals surface area contributed by atoms with Gasteiger partial charge in [0, 0.05) is 5.56 Å². The summed E-state index contributed by atoms with van der Waals surface area (Å²) in [5, 5.41) is 0. The SMILES string of the molecule is CCOC(=O)C1=C(C)N=c2s/c(=C/c3ccc(OC)c(COc4ccccc4C)c3)c(=O)n2C1c1ccccc1. The number of para-hydroxylation sites is 1. The summed E-state index contributed by atoms with van der Waals surface area (Å²) in [7, 11) is 1.62. The topological polar surface area (TPSA) is 79.1 Å². The molecule has 5 rings (SSSR count). The summed E-state index contributed by atoms with van der Waals surface area (Å²) in [6, 6.07) is 22.4. The summed E-state index contributed by atoms with van der Waals surface area (Å²) >= 11 is 1.29. The molecule has 1 aliphatic heterocycles. The van der Waals surface area contributed by atoms with E-state index in [0.29, 0.717) is 33.0 Å². The van der Waals surface area contributed by atoms with Crippen LogP contribution in [0, 0.1) is 6.92 Å². The van der Waals surface area contributed by atoms with Crippen molar-refractivity contribution in [1.82, 2.24) is 4.57 Å². The van der Waals surface area contributed by atoms with E-state index in [1.807, 2.05) is 85.8 Å². The lowest BCUT2D eigenvalue weighted by Crippen LogP contribution is -2.39. The Morgan fingerprint density at radius 3 is 2.50 bits per heavy atom. The van der Waals surface area contributed by atoms with Crippen molar-refractivity contribution >= 4 is 23.4 Å². The summed E-state index contributed by atoms with van der Waals surface area (Å²) in [6.07, 6.45) is 1.84. The third kappa shape index (κ3) is 5.35. The van der Waals surface area contributed by atoms with Crippen LogP contribution in [0.4, 0.5) is 0 Å². The lowest BCUT2D eigenvalue weighted by atomic mass is 9.96. The Bertz CT molecular complexity index is 1770. The van der Waals surface area contributed by atoms with Gasteiger partial charge in [0.2, 0.25) is 0 Å². The molecule has 1 aromatic heterocycles. The minimum atomic E-state index is -0.632. The standard InChI is InChI=1S/C32H30N2O5S/c1-5-38-31(36)28-21(3)33-32-34(29(28)23-12-7-6-8-13-23)30(35)27(40-32)18-22-15-16-26(37-4)24(17-22)19-39-25-14-10-9-11-20(25)2/h6-18,29H,5,19H2,1-4H3/b27-18+. The normalized spacial score (nSPS) is 14.9. The van der Waals surface area contributed by atoms with Crippen LogP contribution >= 0.6 is 11.3 Å². The van der Waals surface area contributed by atoms with E-state index in [4.69, 9.17) is 14.2 Å². The van der Waals surface area contributed by atoms with Gasteiger partial charge in [0.25, 0.3) is 5.56 Å². The molecule has 1 unspecified atom stereocenters. The predicted octanol–water partition coefficient (Wildman–Crippen LogP) is 4.69. The highest BCUT2D eigenvalue weighted by atomic mass is 32.1. The number of ether oxygens (including phenoxy) is 3. The van der Waals surface area contributed by atoms with Crippen LogP contribution in [-0.4, -0.2) is 24.3 Å². The third-order valence-electron chi connectivity index (χ3n) is 6.71. The largest absolute Gasteiger partial charge is 0.496 e. The van der Waals surface area contributed by atoms with Crippen LogP contribution in [-0.2, 0) is 16.1 Å². The van der Waals surface area contributed by atoms with Crippen molar-refractivity contribution in [3.05, 3.63) is 126 Å². The number of esters is 1. The van der Waals surface area contributed by atoms with Crippen molar-refractivity contribution in [1.29, 1.82) is 0 Å². The summed E-state index contributed by atoms with van der Waals surface area (Å²) < 4.78 is 19.1. The van der Waals surface area contributed by atoms with Gasteiger partial charge in [-0.05, 0) is 61.7 Å². The molecule has 0 radical (unpaired) electrons. The fourth-order valence-corrected chi connectivity index (χ4v) is 5.82. The van der Waals surface area contributed by atoms with Crippen LogP contribution in [0.25, 0.3) is 6.08 Å². The first-order valence-electron chi connectivity index (χ1n) is 13.0. The molecule has 0 N–H and O–H groups in total. The van der Waals surface area contributed by atoms with Crippen LogP contribution in [0.2, 0.25) is 0 Å². The first kappa shape index (κ1) is 27.1. The molecular formula is C32H30N2O5S. The maximum absolute atomic E-state index is 13.8. The third-order valence-corrected chi connectivity index (χ3v) is 7.69. The summed E-state index contributed by atoms with van der Waals surface area (Å²) in [5.41, 5.74) is 4.23. The predicted molar refractivity (Wildman–Crippen MR) is 155 cm³/mol. The van der Waals surface area contributed by atoms with Crippen LogP contribution < -0.4 is 24.4 Å². The van der Waals surface area contributed by atoms with Crippen LogP contribution in [0.1, 0.15) is 42.1 Å². The van der Waals surface area contributed by atoms with E-state index in [2.05, 4.69) is 4.99 Å². The van der Waals surface area contributed by atoms with E-state index in [-0.39, 0.29) is 12.2 Å². The second-order valence-corrected chi connectivity index (χ2v) is 10.3. The van der Waals surface area contributed by atoms with E-state index in [1.54, 1.807) is 25.5 Å². The Morgan fingerprint density at radius 1 is 1.02 bits per heavy atom. The number of carbonyl (C=O) groups is 1. The second kappa shape index (κ2) is 11.8. The highest BCUT2D eigenvalue weighted by molar-refractivity contribution is 7.07. The van der Waals surface area contributed by atoms with Crippen LogP contribution in [0.15, 0.2) is 93.9 Å². The van der Waals surface area contributed by atoms with Crippen molar-refractivity contribution < 1.29 is 19.0 Å². The Morgan fingerprint density at radius 2 is 1.77 bits per heavy atom. The highest BCUT2D eigenvalue weighted by Crippen LogP contribution is 2.30. The maximum Gasteiger partial charge on any atom is 0.338 e. The molecule has 40 heavy (non-hydrogen) atoms. The van der Waals surface area contributed by atoms with Crippen molar-refractivity contribution in [2.24, 2.45) is 4.99 Å². The number of benzene rings is 3. The van der Waals surface area contributed by atoms with E-state index in [9.17, 15) is 9.59 Å². The van der Waals surface area contributed by atoms with Gasteiger partial charge in [-0.25, -0.2) is 9.79 Å². The van der Waals surface area contributed by atoms with Crippen LogP contribution in [0.3, 0.4) is 0 Å². The number of allylic oxidation sites excluding steroid dienone is 1. The summed E-state index contributed by atoms with van der Waals surface area (Å²) in [5.74, 6) is 1.03. The number of thiazole rings is 1. The molecule has 0 saturated carbocycles. The van der Waals surface area contributed by atoms with Crippen molar-refractivity contribution in [2.45, 2.75) is 33.4 Å². The molecule has 0 saturated heterocycles. The number of fused-ring (bicyclic) bond motifs is 1. The number of hydrogen-bond donors (Lipinski definition) is 0. The average Bonchev–Trinajstić information content (AvgIpc) is 3.26. The molecule has 7 nitrogen and oxygen atoms in total. The van der Waals surface area contributed by atoms with Gasteiger partial charge in [0.05, 0.1) is 35.6 Å². The Hall–Kier alpha value is -4.43. The van der Waals surface area contributed by atoms with Gasteiger partial charge in [-0.2, -0.15) is 0 Å². The van der Waals surface area contributed by atoms with Gasteiger partial charge in [-0.3, -0.25) is 9.36 Å². The fourth-order valence-electron chi connectivity index (χ4n) is 4.77. The monoisotopic (exact) mass is 554 g/mol. The summed E-state index contributed by atoms with van der Waals surface area (Å²) in [4.78, 5) is 32.0. The number of rotatable bonds is 8. The fraction of sp³-hybridized carbons (Fsp3) is 0.219. The van der Waals surface area contributed by atoms with Gasteiger partial charge in [-0.1, -0.05) is 65.9 Å². The van der Waals surface area contributed by atoms with Gasteiger partial charge in [0.15, 0.2) is 4.80 Å². The van der Waals surface area contributed by atoms with E-state index in [0.717, 1.165) is 28.0 Å². The van der Waals surface area contributed by atoms with E-state index < -0.39 is 12.0 Å². The molecule has 204 valence electrons. The zero-order valence-electron chi connectivity index (χ0n) is 22.8. The number of nitrogens with zero attached hydrogens (tertiary/aromatic N) is 2. The number of hydrogen-bond acceptors (Lipinski definition) is 7. The van der Waals surface area contributed by atoms with Gasteiger partial charge in [0.1, 0.15) is 18.1 Å². The first-order valence-corrected chi connectivity index (χ1v) is 13.8. The smallest absolute Gasteiger partial charge is 0.338 e. The summed E-state index contributed by atoms with van der Waals surface area (Å²) in [6.45, 7) is 6.08. The average molecular weight is 555 g/mol. The molecule has 2 heterocycles. The maximum atomic E-state index is 13.8. The Kier molecular flexibility index (Phi) is 7.98. The Labute approximate surface area is 236 Å². The van der Waals surface area contributed by atoms with Crippen molar-refractivity contribution in [3.8, 4) is 11.5 Å². The molecule has 1 aliphatic rings. The molecule has 3 aromatic carbocycles. The Balaban J connectivity index is 1.57. The first-order chi connectivity index (χ1) is 19.4. The molecule has 0 amide bonds. The molecule has 0 bridgehead atoms. The number of aromatic nitrogens is 1. The number of carbonyl (C=O) groups excluding carboxylic acids is 1. The van der Waals surface area contributed by atoms with Gasteiger partial charge >= 0.3 is 5.97 Å². The van der Waals surface area contributed by atoms with Gasteiger partial charge in [-0.15, -0.1) is 0 Å². The second-order valence-electron chi connectivity index (χ2n) is 9.34. The van der Waals surface area contributed by atoms with Crippen LogP contribution in [0.5, 0.6) is 11.5 Å². The molecule has 1 atom stereocenters. The zero-order valence-corrected chi connectivity index (χ0v) is 23.7.